The summed E-state index contributed by atoms with van der Waals surface area (Å²) in [4.78, 5) is 14.2. The zero-order valence-electron chi connectivity index (χ0n) is 8.45. The predicted octanol–water partition coefficient (Wildman–Crippen LogP) is 1.63. The van der Waals surface area contributed by atoms with Gasteiger partial charge in [0.1, 0.15) is 4.32 Å². The molecule has 0 bridgehead atoms. The van der Waals surface area contributed by atoms with Crippen LogP contribution in [0.1, 0.15) is 12.8 Å². The van der Waals surface area contributed by atoms with E-state index in [1.54, 1.807) is 0 Å². The fourth-order valence-electron chi connectivity index (χ4n) is 1.65. The molecule has 0 saturated carbocycles. The van der Waals surface area contributed by atoms with Gasteiger partial charge < -0.3 is 10.2 Å². The highest BCUT2D eigenvalue weighted by Gasteiger charge is 2.21. The third kappa shape index (κ3) is 2.41. The van der Waals surface area contributed by atoms with Gasteiger partial charge in [0.2, 0.25) is 0 Å². The normalized spacial score (nSPS) is 26.9. The summed E-state index contributed by atoms with van der Waals surface area (Å²) in [5.41, 5.74) is 1.29. The average Bonchev–Trinajstić information content (AvgIpc) is 2.70. The second-order valence-electron chi connectivity index (χ2n) is 3.56. The number of thiocarbonyl (C=S) groups is 1. The molecule has 1 amide bonds. The molecule has 2 rings (SSSR count). The zero-order chi connectivity index (χ0) is 10.8. The van der Waals surface area contributed by atoms with Gasteiger partial charge in [0, 0.05) is 19.3 Å². The van der Waals surface area contributed by atoms with Gasteiger partial charge in [-0.05, 0) is 25.0 Å². The van der Waals surface area contributed by atoms with Crippen LogP contribution in [-0.4, -0.2) is 28.7 Å². The molecule has 2 fully saturated rings. The fourth-order valence-corrected chi connectivity index (χ4v) is 2.64. The third-order valence-corrected chi connectivity index (χ3v) is 3.67. The van der Waals surface area contributed by atoms with Crippen molar-refractivity contribution >= 4 is 34.2 Å². The number of likely N-dealkylation sites (tertiary alicyclic amines) is 1. The number of rotatable bonds is 1. The number of carbonyl (C=O) groups excluding carboxylic acids is 1. The van der Waals surface area contributed by atoms with Crippen LogP contribution < -0.4 is 5.32 Å². The number of nitrogens with one attached hydrogen (secondary N) is 1. The minimum atomic E-state index is -0.0810. The molecule has 5 heteroatoms. The molecule has 0 atom stereocenters. The highest BCUT2D eigenvalue weighted by molar-refractivity contribution is 8.26. The Kier molecular flexibility index (Phi) is 3.11. The van der Waals surface area contributed by atoms with Crippen LogP contribution in [0, 0.1) is 0 Å². The van der Waals surface area contributed by atoms with Crippen molar-refractivity contribution in [3.63, 3.8) is 0 Å². The number of nitrogens with zero attached hydrogens (tertiary/aromatic N) is 1. The molecule has 2 aliphatic heterocycles. The molecular formula is C10H12N2OS2. The first kappa shape index (κ1) is 10.7. The van der Waals surface area contributed by atoms with Crippen LogP contribution in [0.15, 0.2) is 22.8 Å². The highest BCUT2D eigenvalue weighted by atomic mass is 32.2. The van der Waals surface area contributed by atoms with E-state index in [2.05, 4.69) is 17.3 Å². The van der Waals surface area contributed by atoms with Crippen molar-refractivity contribution in [1.29, 1.82) is 0 Å². The Morgan fingerprint density at radius 1 is 1.53 bits per heavy atom. The van der Waals surface area contributed by atoms with E-state index in [0.29, 0.717) is 9.23 Å². The van der Waals surface area contributed by atoms with Crippen LogP contribution in [0.5, 0.6) is 0 Å². The van der Waals surface area contributed by atoms with Gasteiger partial charge in [-0.25, -0.2) is 0 Å². The molecule has 2 aliphatic rings. The molecule has 0 unspecified atom stereocenters. The maximum Gasteiger partial charge on any atom is 0.263 e. The molecule has 80 valence electrons. The first-order valence-corrected chi connectivity index (χ1v) is 6.04. The minimum absolute atomic E-state index is 0.0810. The van der Waals surface area contributed by atoms with Crippen LogP contribution in [0.2, 0.25) is 0 Å². The lowest BCUT2D eigenvalue weighted by Crippen LogP contribution is -2.17. The largest absolute Gasteiger partial charge is 0.378 e. The lowest BCUT2D eigenvalue weighted by molar-refractivity contribution is -0.115. The van der Waals surface area contributed by atoms with Gasteiger partial charge in [-0.3, -0.25) is 4.79 Å². The van der Waals surface area contributed by atoms with E-state index in [1.165, 1.54) is 23.9 Å². The second kappa shape index (κ2) is 4.37. The highest BCUT2D eigenvalue weighted by Crippen LogP contribution is 2.25. The molecule has 2 saturated heterocycles. The number of amides is 1. The summed E-state index contributed by atoms with van der Waals surface area (Å²) in [6.07, 6.45) is 6.17. The van der Waals surface area contributed by atoms with Crippen molar-refractivity contribution in [3.8, 4) is 0 Å². The SMILES string of the molecule is CN1CCC/C1=C/C=C1\SC(=S)NC1=O. The minimum Gasteiger partial charge on any atom is -0.378 e. The molecule has 3 nitrogen and oxygen atoms in total. The van der Waals surface area contributed by atoms with Crippen molar-refractivity contribution in [1.82, 2.24) is 10.2 Å². The Morgan fingerprint density at radius 3 is 2.87 bits per heavy atom. The van der Waals surface area contributed by atoms with Gasteiger partial charge in [-0.15, -0.1) is 0 Å². The average molecular weight is 240 g/mol. The first-order chi connectivity index (χ1) is 7.16. The summed E-state index contributed by atoms with van der Waals surface area (Å²) in [6.45, 7) is 1.10. The predicted molar refractivity (Wildman–Crippen MR) is 66.4 cm³/mol. The topological polar surface area (TPSA) is 32.3 Å². The summed E-state index contributed by atoms with van der Waals surface area (Å²) in [5, 5.41) is 2.60. The first-order valence-electron chi connectivity index (χ1n) is 4.82. The summed E-state index contributed by atoms with van der Waals surface area (Å²) < 4.78 is 0.546. The van der Waals surface area contributed by atoms with Gasteiger partial charge in [0.05, 0.1) is 4.91 Å². The second-order valence-corrected chi connectivity index (χ2v) is 5.28. The number of hydrogen-bond donors (Lipinski definition) is 1. The Balaban J connectivity index is 2.11. The fraction of sp³-hybridized carbons (Fsp3) is 0.400. The van der Waals surface area contributed by atoms with E-state index in [-0.39, 0.29) is 5.91 Å². The monoisotopic (exact) mass is 240 g/mol. The molecule has 0 aromatic carbocycles. The quantitative estimate of drug-likeness (QED) is 0.558. The van der Waals surface area contributed by atoms with Crippen LogP contribution in [0.3, 0.4) is 0 Å². The van der Waals surface area contributed by atoms with E-state index in [4.69, 9.17) is 12.2 Å². The van der Waals surface area contributed by atoms with E-state index in [9.17, 15) is 4.79 Å². The van der Waals surface area contributed by atoms with Gasteiger partial charge in [0.15, 0.2) is 0 Å². The lowest BCUT2D eigenvalue weighted by atomic mass is 10.3. The molecule has 0 aliphatic carbocycles. The standard InChI is InChI=1S/C10H12N2OS2/c1-12-6-2-3-7(12)4-5-8-9(13)11-10(14)15-8/h4-5H,2-3,6H2,1H3,(H,11,13,14)/b7-4-,8-5-. The number of hydrogen-bond acceptors (Lipinski definition) is 4. The van der Waals surface area contributed by atoms with E-state index < -0.39 is 0 Å². The van der Waals surface area contributed by atoms with Crippen molar-refractivity contribution in [2.45, 2.75) is 12.8 Å². The molecule has 0 radical (unpaired) electrons. The summed E-state index contributed by atoms with van der Waals surface area (Å²) in [7, 11) is 2.07. The van der Waals surface area contributed by atoms with Gasteiger partial charge in [-0.1, -0.05) is 24.0 Å². The van der Waals surface area contributed by atoms with Crippen molar-refractivity contribution in [2.75, 3.05) is 13.6 Å². The zero-order valence-corrected chi connectivity index (χ0v) is 10.1. The van der Waals surface area contributed by atoms with Crippen LogP contribution in [-0.2, 0) is 4.79 Å². The van der Waals surface area contributed by atoms with Crippen molar-refractivity contribution in [2.24, 2.45) is 0 Å². The number of thioether (sulfide) groups is 1. The Hall–Kier alpha value is -0.810. The Morgan fingerprint density at radius 2 is 2.33 bits per heavy atom. The number of allylic oxidation sites excluding steroid dienone is 3. The van der Waals surface area contributed by atoms with Gasteiger partial charge >= 0.3 is 0 Å². The molecule has 2 heterocycles. The summed E-state index contributed by atoms with van der Waals surface area (Å²) in [5.74, 6) is -0.0810. The Bertz CT molecular complexity index is 374. The maximum atomic E-state index is 11.3. The lowest BCUT2D eigenvalue weighted by Gasteiger charge is -2.11. The molecule has 15 heavy (non-hydrogen) atoms. The van der Waals surface area contributed by atoms with Gasteiger partial charge in [-0.2, -0.15) is 0 Å². The van der Waals surface area contributed by atoms with Crippen molar-refractivity contribution in [3.05, 3.63) is 22.8 Å². The molecule has 1 N–H and O–H groups in total. The van der Waals surface area contributed by atoms with Crippen LogP contribution in [0.25, 0.3) is 0 Å². The van der Waals surface area contributed by atoms with E-state index in [1.807, 2.05) is 12.2 Å². The van der Waals surface area contributed by atoms with E-state index >= 15 is 0 Å². The molecule has 0 aromatic heterocycles. The van der Waals surface area contributed by atoms with E-state index in [0.717, 1.165) is 13.0 Å². The summed E-state index contributed by atoms with van der Waals surface area (Å²) in [6, 6.07) is 0. The maximum absolute atomic E-state index is 11.3. The number of carbonyl (C=O) groups is 1. The smallest absolute Gasteiger partial charge is 0.263 e. The van der Waals surface area contributed by atoms with Gasteiger partial charge in [0.25, 0.3) is 5.91 Å². The Labute approximate surface area is 98.6 Å². The van der Waals surface area contributed by atoms with Crippen LogP contribution in [0.4, 0.5) is 0 Å². The third-order valence-electron chi connectivity index (χ3n) is 2.49. The molecule has 0 spiro atoms. The van der Waals surface area contributed by atoms with Crippen LogP contribution >= 0.6 is 24.0 Å². The molecular weight excluding hydrogens is 228 g/mol. The van der Waals surface area contributed by atoms with Crippen molar-refractivity contribution < 1.29 is 4.79 Å². The summed E-state index contributed by atoms with van der Waals surface area (Å²) >= 11 is 6.23. The molecule has 0 aromatic rings.